The van der Waals surface area contributed by atoms with E-state index in [1.54, 1.807) is 0 Å². The molecule has 3 heteroatoms. The molecule has 0 fully saturated rings. The zero-order valence-corrected chi connectivity index (χ0v) is 10.9. The Kier molecular flexibility index (Phi) is 2.86. The molecule has 1 heterocycles. The monoisotopic (exact) mass is 232 g/mol. The van der Waals surface area contributed by atoms with E-state index >= 15 is 0 Å². The molecule has 1 aromatic carbocycles. The van der Waals surface area contributed by atoms with Crippen LogP contribution in [0.3, 0.4) is 0 Å². The molecule has 1 amide bonds. The average Bonchev–Trinajstić information content (AvgIpc) is 2.56. The number of likely N-dealkylation sites (N-methyl/N-ethyl adjacent to an activating group) is 1. The number of amides is 1. The standard InChI is InChI=1S/C14H20N2O/c1-14(2,3)13-8-10-7-11(15-9-17)5-6-12(10)16(13)4/h5-7,9,13H,8H2,1-4H3,(H,15,17). The van der Waals surface area contributed by atoms with Gasteiger partial charge in [0.05, 0.1) is 0 Å². The van der Waals surface area contributed by atoms with Crippen molar-refractivity contribution in [2.45, 2.75) is 33.2 Å². The van der Waals surface area contributed by atoms with Crippen molar-refractivity contribution in [3.8, 4) is 0 Å². The molecular weight excluding hydrogens is 212 g/mol. The predicted molar refractivity (Wildman–Crippen MR) is 71.5 cm³/mol. The van der Waals surface area contributed by atoms with Crippen LogP contribution in [0.5, 0.6) is 0 Å². The van der Waals surface area contributed by atoms with Crippen LogP contribution < -0.4 is 10.2 Å². The predicted octanol–water partition coefficient (Wildman–Crippen LogP) is 2.66. The molecule has 1 aliphatic heterocycles. The maximum atomic E-state index is 10.4. The molecule has 1 unspecified atom stereocenters. The van der Waals surface area contributed by atoms with E-state index in [1.807, 2.05) is 6.07 Å². The van der Waals surface area contributed by atoms with Crippen LogP contribution in [0, 0.1) is 5.41 Å². The molecule has 1 atom stereocenters. The second-order valence-corrected chi connectivity index (χ2v) is 5.80. The zero-order chi connectivity index (χ0) is 12.6. The van der Waals surface area contributed by atoms with Crippen molar-refractivity contribution in [1.29, 1.82) is 0 Å². The molecule has 0 radical (unpaired) electrons. The third-order valence-corrected chi connectivity index (χ3v) is 3.57. The highest BCUT2D eigenvalue weighted by molar-refractivity contribution is 5.74. The summed E-state index contributed by atoms with van der Waals surface area (Å²) < 4.78 is 0. The highest BCUT2D eigenvalue weighted by Gasteiger charge is 2.34. The number of carbonyl (C=O) groups is 1. The van der Waals surface area contributed by atoms with E-state index in [-0.39, 0.29) is 5.41 Å². The normalized spacial score (nSPS) is 19.1. The van der Waals surface area contributed by atoms with Crippen molar-refractivity contribution in [3.05, 3.63) is 23.8 Å². The van der Waals surface area contributed by atoms with E-state index in [0.29, 0.717) is 6.04 Å². The first kappa shape index (κ1) is 12.0. The minimum Gasteiger partial charge on any atom is -0.371 e. The molecule has 1 aliphatic rings. The van der Waals surface area contributed by atoms with E-state index in [0.717, 1.165) is 18.5 Å². The lowest BCUT2D eigenvalue weighted by molar-refractivity contribution is -0.105. The Morgan fingerprint density at radius 3 is 2.71 bits per heavy atom. The number of rotatable bonds is 2. The van der Waals surface area contributed by atoms with Gasteiger partial charge in [0.2, 0.25) is 6.41 Å². The van der Waals surface area contributed by atoms with Crippen LogP contribution in [-0.2, 0) is 11.2 Å². The topological polar surface area (TPSA) is 32.3 Å². The van der Waals surface area contributed by atoms with Crippen molar-refractivity contribution < 1.29 is 4.79 Å². The molecule has 2 rings (SSSR count). The Morgan fingerprint density at radius 1 is 1.41 bits per heavy atom. The minimum absolute atomic E-state index is 0.256. The maximum Gasteiger partial charge on any atom is 0.211 e. The summed E-state index contributed by atoms with van der Waals surface area (Å²) in [7, 11) is 2.15. The largest absolute Gasteiger partial charge is 0.371 e. The summed E-state index contributed by atoms with van der Waals surface area (Å²) in [5, 5.41) is 2.71. The Bertz CT molecular complexity index is 434. The van der Waals surface area contributed by atoms with Crippen LogP contribution >= 0.6 is 0 Å². The average molecular weight is 232 g/mol. The van der Waals surface area contributed by atoms with E-state index in [2.05, 4.69) is 50.2 Å². The van der Waals surface area contributed by atoms with Gasteiger partial charge in [-0.2, -0.15) is 0 Å². The fourth-order valence-electron chi connectivity index (χ4n) is 2.65. The molecule has 1 aromatic rings. The van der Waals surface area contributed by atoms with Gasteiger partial charge < -0.3 is 10.2 Å². The van der Waals surface area contributed by atoms with Gasteiger partial charge in [-0.25, -0.2) is 0 Å². The third kappa shape index (κ3) is 2.14. The smallest absolute Gasteiger partial charge is 0.211 e. The fourth-order valence-corrected chi connectivity index (χ4v) is 2.65. The van der Waals surface area contributed by atoms with Crippen LogP contribution in [0.15, 0.2) is 18.2 Å². The van der Waals surface area contributed by atoms with Gasteiger partial charge >= 0.3 is 0 Å². The van der Waals surface area contributed by atoms with Crippen LogP contribution in [0.1, 0.15) is 26.3 Å². The van der Waals surface area contributed by atoms with Gasteiger partial charge in [-0.3, -0.25) is 4.79 Å². The van der Waals surface area contributed by atoms with Crippen molar-refractivity contribution in [1.82, 2.24) is 0 Å². The van der Waals surface area contributed by atoms with Gasteiger partial charge in [-0.1, -0.05) is 20.8 Å². The Balaban J connectivity index is 2.31. The highest BCUT2D eigenvalue weighted by Crippen LogP contribution is 2.39. The van der Waals surface area contributed by atoms with Gasteiger partial charge in [0.15, 0.2) is 0 Å². The number of anilines is 2. The summed E-state index contributed by atoms with van der Waals surface area (Å²) in [5.41, 5.74) is 3.73. The van der Waals surface area contributed by atoms with Gasteiger partial charge in [0.1, 0.15) is 0 Å². The Hall–Kier alpha value is -1.51. The second kappa shape index (κ2) is 4.06. The minimum atomic E-state index is 0.256. The van der Waals surface area contributed by atoms with Crippen molar-refractivity contribution >= 4 is 17.8 Å². The van der Waals surface area contributed by atoms with Crippen molar-refractivity contribution in [2.24, 2.45) is 5.41 Å². The molecule has 0 saturated heterocycles. The highest BCUT2D eigenvalue weighted by atomic mass is 16.1. The van der Waals surface area contributed by atoms with E-state index in [4.69, 9.17) is 0 Å². The summed E-state index contributed by atoms with van der Waals surface area (Å²) in [6, 6.07) is 6.64. The SMILES string of the molecule is CN1c2ccc(NC=O)cc2CC1C(C)(C)C. The first-order chi connectivity index (χ1) is 7.93. The molecular formula is C14H20N2O. The van der Waals surface area contributed by atoms with Crippen LogP contribution in [0.25, 0.3) is 0 Å². The first-order valence-electron chi connectivity index (χ1n) is 5.99. The maximum absolute atomic E-state index is 10.4. The zero-order valence-electron chi connectivity index (χ0n) is 10.9. The lowest BCUT2D eigenvalue weighted by Gasteiger charge is -2.34. The molecule has 0 aliphatic carbocycles. The van der Waals surface area contributed by atoms with E-state index in [9.17, 15) is 4.79 Å². The van der Waals surface area contributed by atoms with Crippen molar-refractivity contribution in [2.75, 3.05) is 17.3 Å². The number of nitrogens with one attached hydrogen (secondary N) is 1. The molecule has 0 aromatic heterocycles. The number of fused-ring (bicyclic) bond motifs is 1. The lowest BCUT2D eigenvalue weighted by Crippen LogP contribution is -2.39. The van der Waals surface area contributed by atoms with Crippen molar-refractivity contribution in [3.63, 3.8) is 0 Å². The van der Waals surface area contributed by atoms with Crippen LogP contribution in [0.4, 0.5) is 11.4 Å². The third-order valence-electron chi connectivity index (χ3n) is 3.57. The molecule has 3 nitrogen and oxygen atoms in total. The molecule has 0 saturated carbocycles. The van der Waals surface area contributed by atoms with Gasteiger partial charge in [0, 0.05) is 24.5 Å². The Labute approximate surface area is 103 Å². The van der Waals surface area contributed by atoms with Crippen LogP contribution in [-0.4, -0.2) is 19.5 Å². The number of carbonyl (C=O) groups excluding carboxylic acids is 1. The number of hydrogen-bond acceptors (Lipinski definition) is 2. The van der Waals surface area contributed by atoms with Gasteiger partial charge in [-0.05, 0) is 35.6 Å². The summed E-state index contributed by atoms with van der Waals surface area (Å²) >= 11 is 0. The van der Waals surface area contributed by atoms with Gasteiger partial charge in [-0.15, -0.1) is 0 Å². The number of benzene rings is 1. The van der Waals surface area contributed by atoms with E-state index < -0.39 is 0 Å². The molecule has 17 heavy (non-hydrogen) atoms. The number of hydrogen-bond donors (Lipinski definition) is 1. The molecule has 0 spiro atoms. The molecule has 92 valence electrons. The fraction of sp³-hybridized carbons (Fsp3) is 0.500. The summed E-state index contributed by atoms with van der Waals surface area (Å²) in [5.74, 6) is 0. The quantitative estimate of drug-likeness (QED) is 0.795. The second-order valence-electron chi connectivity index (χ2n) is 5.80. The lowest BCUT2D eigenvalue weighted by atomic mass is 9.84. The van der Waals surface area contributed by atoms with Crippen LogP contribution in [0.2, 0.25) is 0 Å². The molecule has 1 N–H and O–H groups in total. The Morgan fingerprint density at radius 2 is 2.12 bits per heavy atom. The first-order valence-corrected chi connectivity index (χ1v) is 5.99. The summed E-state index contributed by atoms with van der Waals surface area (Å²) in [6.07, 6.45) is 1.77. The van der Waals surface area contributed by atoms with Gasteiger partial charge in [0.25, 0.3) is 0 Å². The summed E-state index contributed by atoms with van der Waals surface area (Å²) in [6.45, 7) is 6.81. The number of nitrogens with zero attached hydrogens (tertiary/aromatic N) is 1. The molecule has 0 bridgehead atoms. The summed E-state index contributed by atoms with van der Waals surface area (Å²) in [4.78, 5) is 12.8. The van der Waals surface area contributed by atoms with E-state index in [1.165, 1.54) is 11.3 Å².